The molecule has 0 heterocycles. The third kappa shape index (κ3) is 57.7. The standard InChI is InChI=1S/C32H66O.C2H4.H3O4P/c1-3-5-7-9-11-13-15-17-19-21-23-25-27-29-31-33-32-30-28-26-24-22-20-18-16-14-12-10-8-6-4-2;1-2;1-5(2,3)4/h3-32H2,1-2H3;1-2H2;(H3,1,2,3,4). The van der Waals surface area contributed by atoms with E-state index in [-0.39, 0.29) is 0 Å². The van der Waals surface area contributed by atoms with Crippen molar-refractivity contribution >= 4 is 7.82 Å². The van der Waals surface area contributed by atoms with E-state index < -0.39 is 7.82 Å². The lowest BCUT2D eigenvalue weighted by Crippen LogP contribution is -1.97. The number of phosphoric acid groups is 1. The Morgan fingerprint density at radius 3 is 0.725 bits per heavy atom. The van der Waals surface area contributed by atoms with Gasteiger partial charge >= 0.3 is 7.82 Å². The number of hydrogen-bond donors (Lipinski definition) is 3. The smallest absolute Gasteiger partial charge is 0.381 e. The highest BCUT2D eigenvalue weighted by atomic mass is 31.2. The van der Waals surface area contributed by atoms with Crippen LogP contribution in [0.5, 0.6) is 0 Å². The first-order chi connectivity index (χ1) is 19.4. The summed E-state index contributed by atoms with van der Waals surface area (Å²) in [5.41, 5.74) is 0. The van der Waals surface area contributed by atoms with E-state index in [0.717, 1.165) is 13.2 Å². The van der Waals surface area contributed by atoms with Gasteiger partial charge in [-0.05, 0) is 12.8 Å². The third-order valence-electron chi connectivity index (χ3n) is 7.28. The Balaban J connectivity index is -0.00000174. The molecule has 5 nitrogen and oxygen atoms in total. The summed E-state index contributed by atoms with van der Waals surface area (Å²) in [5, 5.41) is 0. The van der Waals surface area contributed by atoms with Crippen LogP contribution in [0.3, 0.4) is 0 Å². The molecule has 0 aromatic carbocycles. The van der Waals surface area contributed by atoms with Crippen molar-refractivity contribution in [3.8, 4) is 0 Å². The molecule has 0 saturated heterocycles. The maximum Gasteiger partial charge on any atom is 0.466 e. The van der Waals surface area contributed by atoms with E-state index in [1.54, 1.807) is 0 Å². The van der Waals surface area contributed by atoms with Crippen molar-refractivity contribution in [1.29, 1.82) is 0 Å². The SMILES string of the molecule is C=C.CCCCCCCCCCCCCCCCOCCCCCCCCCCCCCCCC.O=P(O)(O)O. The molecule has 0 atom stereocenters. The number of hydrogen-bond acceptors (Lipinski definition) is 2. The summed E-state index contributed by atoms with van der Waals surface area (Å²) in [7, 11) is -4.64. The van der Waals surface area contributed by atoms with Crippen LogP contribution in [-0.4, -0.2) is 27.9 Å². The van der Waals surface area contributed by atoms with Gasteiger partial charge in [-0.25, -0.2) is 4.57 Å². The fourth-order valence-corrected chi connectivity index (χ4v) is 4.90. The second-order valence-corrected chi connectivity index (χ2v) is 12.3. The Morgan fingerprint density at radius 2 is 0.550 bits per heavy atom. The molecular weight excluding hydrogens is 519 g/mol. The number of ether oxygens (including phenoxy) is 1. The van der Waals surface area contributed by atoms with E-state index in [1.807, 2.05) is 0 Å². The van der Waals surface area contributed by atoms with Gasteiger partial charge < -0.3 is 19.4 Å². The van der Waals surface area contributed by atoms with Gasteiger partial charge in [0.1, 0.15) is 0 Å². The third-order valence-corrected chi connectivity index (χ3v) is 7.28. The van der Waals surface area contributed by atoms with Gasteiger partial charge in [-0.3, -0.25) is 0 Å². The molecule has 0 unspecified atom stereocenters. The summed E-state index contributed by atoms with van der Waals surface area (Å²) in [4.78, 5) is 21.6. The molecule has 0 spiro atoms. The van der Waals surface area contributed by atoms with Crippen LogP contribution >= 0.6 is 7.82 Å². The van der Waals surface area contributed by atoms with Crippen LogP contribution in [0.25, 0.3) is 0 Å². The van der Waals surface area contributed by atoms with Crippen molar-refractivity contribution < 1.29 is 24.0 Å². The molecule has 244 valence electrons. The molecule has 0 fully saturated rings. The lowest BCUT2D eigenvalue weighted by molar-refractivity contribution is 0.125. The van der Waals surface area contributed by atoms with Crippen LogP contribution in [0.2, 0.25) is 0 Å². The van der Waals surface area contributed by atoms with Crippen LogP contribution in [0.15, 0.2) is 13.2 Å². The summed E-state index contributed by atoms with van der Waals surface area (Å²) in [6, 6.07) is 0. The van der Waals surface area contributed by atoms with E-state index in [4.69, 9.17) is 24.0 Å². The quantitative estimate of drug-likeness (QED) is 0.0439. The molecule has 0 aliphatic carbocycles. The number of unbranched alkanes of at least 4 members (excludes halogenated alkanes) is 26. The largest absolute Gasteiger partial charge is 0.466 e. The van der Waals surface area contributed by atoms with Gasteiger partial charge in [-0.15, -0.1) is 13.2 Å². The minimum Gasteiger partial charge on any atom is -0.381 e. The predicted octanol–water partition coefficient (Wildman–Crippen LogP) is 11.8. The van der Waals surface area contributed by atoms with Crippen molar-refractivity contribution in [2.45, 2.75) is 194 Å². The van der Waals surface area contributed by atoms with E-state index >= 15 is 0 Å². The monoisotopic (exact) mass is 593 g/mol. The van der Waals surface area contributed by atoms with Crippen LogP contribution in [0.4, 0.5) is 0 Å². The Labute approximate surface area is 251 Å². The molecule has 0 amide bonds. The molecule has 0 aromatic rings. The summed E-state index contributed by atoms with van der Waals surface area (Å²) in [6.07, 6.45) is 40.1. The van der Waals surface area contributed by atoms with Crippen LogP contribution in [-0.2, 0) is 9.30 Å². The lowest BCUT2D eigenvalue weighted by atomic mass is 10.0. The summed E-state index contributed by atoms with van der Waals surface area (Å²) in [5.74, 6) is 0. The van der Waals surface area contributed by atoms with Crippen LogP contribution in [0, 0.1) is 0 Å². The van der Waals surface area contributed by atoms with E-state index in [9.17, 15) is 0 Å². The van der Waals surface area contributed by atoms with Gasteiger partial charge in [-0.1, -0.05) is 181 Å². The average molecular weight is 593 g/mol. The fourth-order valence-electron chi connectivity index (χ4n) is 4.90. The summed E-state index contributed by atoms with van der Waals surface area (Å²) < 4.78 is 14.7. The normalized spacial score (nSPS) is 11.0. The molecule has 6 heteroatoms. The fraction of sp³-hybridized carbons (Fsp3) is 0.941. The van der Waals surface area contributed by atoms with Gasteiger partial charge in [0, 0.05) is 13.2 Å². The van der Waals surface area contributed by atoms with Gasteiger partial charge in [0.2, 0.25) is 0 Å². The zero-order chi connectivity index (χ0) is 30.4. The highest BCUT2D eigenvalue weighted by molar-refractivity contribution is 7.45. The first-order valence-corrected chi connectivity index (χ1v) is 18.8. The van der Waals surface area contributed by atoms with E-state index in [1.165, 1.54) is 180 Å². The van der Waals surface area contributed by atoms with Gasteiger partial charge in [0.15, 0.2) is 0 Å². The van der Waals surface area contributed by atoms with Gasteiger partial charge in [-0.2, -0.15) is 0 Å². The molecule has 0 radical (unpaired) electrons. The van der Waals surface area contributed by atoms with Crippen molar-refractivity contribution in [2.24, 2.45) is 0 Å². The Hall–Kier alpha value is -0.190. The molecule has 3 N–H and O–H groups in total. The van der Waals surface area contributed by atoms with Crippen molar-refractivity contribution in [2.75, 3.05) is 13.2 Å². The highest BCUT2D eigenvalue weighted by Crippen LogP contribution is 2.25. The maximum absolute atomic E-state index is 8.88. The zero-order valence-corrected chi connectivity index (χ0v) is 28.1. The minimum absolute atomic E-state index is 0.997. The maximum atomic E-state index is 8.88. The first kappa shape index (κ1) is 44.3. The minimum atomic E-state index is -4.64. The Morgan fingerprint density at radius 1 is 0.400 bits per heavy atom. The molecule has 0 bridgehead atoms. The molecule has 40 heavy (non-hydrogen) atoms. The van der Waals surface area contributed by atoms with E-state index in [0.29, 0.717) is 0 Å². The second kappa shape index (κ2) is 40.9. The topological polar surface area (TPSA) is 87.0 Å². The zero-order valence-electron chi connectivity index (χ0n) is 27.2. The molecule has 0 aliphatic heterocycles. The average Bonchev–Trinajstić information content (AvgIpc) is 2.92. The van der Waals surface area contributed by atoms with Crippen LogP contribution < -0.4 is 0 Å². The van der Waals surface area contributed by atoms with Crippen LogP contribution in [0.1, 0.15) is 194 Å². The van der Waals surface area contributed by atoms with Crippen molar-refractivity contribution in [3.05, 3.63) is 13.2 Å². The molecule has 0 saturated carbocycles. The lowest BCUT2D eigenvalue weighted by Gasteiger charge is -2.05. The van der Waals surface area contributed by atoms with Crippen molar-refractivity contribution in [1.82, 2.24) is 0 Å². The molecule has 0 aromatic heterocycles. The summed E-state index contributed by atoms with van der Waals surface area (Å²) in [6.45, 7) is 12.6. The first-order valence-electron chi connectivity index (χ1n) is 17.3. The van der Waals surface area contributed by atoms with Gasteiger partial charge in [0.25, 0.3) is 0 Å². The molecule has 0 rings (SSSR count). The molecular formula is C34H73O5P. The molecule has 0 aliphatic rings. The predicted molar refractivity (Wildman–Crippen MR) is 177 cm³/mol. The van der Waals surface area contributed by atoms with Crippen molar-refractivity contribution in [3.63, 3.8) is 0 Å². The Kier molecular flexibility index (Phi) is 45.3. The van der Waals surface area contributed by atoms with E-state index in [2.05, 4.69) is 27.0 Å². The van der Waals surface area contributed by atoms with Gasteiger partial charge in [0.05, 0.1) is 0 Å². The second-order valence-electron chi connectivity index (χ2n) is 11.3. The highest BCUT2D eigenvalue weighted by Gasteiger charge is 2.00. The number of rotatable bonds is 30. The summed E-state index contributed by atoms with van der Waals surface area (Å²) >= 11 is 0. The Bertz CT molecular complexity index is 431.